The van der Waals surface area contributed by atoms with Gasteiger partial charge in [-0.25, -0.2) is 0 Å². The molecule has 1 atom stereocenters. The third-order valence-corrected chi connectivity index (χ3v) is 2.05. The molecule has 0 fully saturated rings. The Kier molecular flexibility index (Phi) is 3.54. The second kappa shape index (κ2) is 4.67. The van der Waals surface area contributed by atoms with Crippen LogP contribution in [0.15, 0.2) is 30.9 Å². The zero-order chi connectivity index (χ0) is 10.6. The fraction of sp³-hybridized carbons (Fsp3) is 0.273. The lowest BCUT2D eigenvalue weighted by Crippen LogP contribution is -2.08. The van der Waals surface area contributed by atoms with Gasteiger partial charge >= 0.3 is 0 Å². The Balaban J connectivity index is 3.14. The van der Waals surface area contributed by atoms with E-state index in [4.69, 9.17) is 15.2 Å². The highest BCUT2D eigenvalue weighted by atomic mass is 16.5. The first-order valence-corrected chi connectivity index (χ1v) is 4.33. The lowest BCUT2D eigenvalue weighted by Gasteiger charge is -2.13. The smallest absolute Gasteiger partial charge is 0.124 e. The topological polar surface area (TPSA) is 44.5 Å². The normalized spacial score (nSPS) is 11.9. The predicted molar refractivity (Wildman–Crippen MR) is 56.7 cm³/mol. The van der Waals surface area contributed by atoms with E-state index < -0.39 is 0 Å². The zero-order valence-corrected chi connectivity index (χ0v) is 8.49. The number of methoxy groups -OCH3 is 2. The van der Waals surface area contributed by atoms with Crippen molar-refractivity contribution in [2.45, 2.75) is 6.04 Å². The first kappa shape index (κ1) is 10.6. The second-order valence-corrected chi connectivity index (χ2v) is 2.87. The highest BCUT2D eigenvalue weighted by Gasteiger charge is 2.09. The molecule has 14 heavy (non-hydrogen) atoms. The summed E-state index contributed by atoms with van der Waals surface area (Å²) in [6.07, 6.45) is 1.66. The van der Waals surface area contributed by atoms with Gasteiger partial charge in [-0.15, -0.1) is 6.58 Å². The molecule has 2 N–H and O–H groups in total. The molecule has 1 aromatic carbocycles. The maximum absolute atomic E-state index is 5.84. The second-order valence-electron chi connectivity index (χ2n) is 2.87. The first-order chi connectivity index (χ1) is 6.72. The summed E-state index contributed by atoms with van der Waals surface area (Å²) in [7, 11) is 3.23. The minimum atomic E-state index is -0.236. The van der Waals surface area contributed by atoms with E-state index in [1.165, 1.54) is 0 Å². The molecule has 76 valence electrons. The third kappa shape index (κ3) is 2.06. The van der Waals surface area contributed by atoms with Gasteiger partial charge in [-0.2, -0.15) is 0 Å². The van der Waals surface area contributed by atoms with Crippen molar-refractivity contribution in [1.82, 2.24) is 0 Å². The molecule has 0 aliphatic heterocycles. The van der Waals surface area contributed by atoms with Crippen molar-refractivity contribution in [3.8, 4) is 11.5 Å². The van der Waals surface area contributed by atoms with Gasteiger partial charge in [-0.05, 0) is 18.2 Å². The zero-order valence-electron chi connectivity index (χ0n) is 8.49. The molecular formula is C11H15NO2. The van der Waals surface area contributed by atoms with Crippen LogP contribution in [0.25, 0.3) is 0 Å². The molecular weight excluding hydrogens is 178 g/mol. The molecule has 0 saturated carbocycles. The van der Waals surface area contributed by atoms with Gasteiger partial charge < -0.3 is 15.2 Å². The molecule has 0 aromatic heterocycles. The van der Waals surface area contributed by atoms with Gasteiger partial charge in [-0.1, -0.05) is 6.08 Å². The minimum absolute atomic E-state index is 0.236. The number of hydrogen-bond donors (Lipinski definition) is 1. The van der Waals surface area contributed by atoms with Crippen LogP contribution in [0.2, 0.25) is 0 Å². The van der Waals surface area contributed by atoms with Crippen molar-refractivity contribution in [3.05, 3.63) is 36.4 Å². The summed E-state index contributed by atoms with van der Waals surface area (Å²) in [5.41, 5.74) is 6.72. The van der Waals surface area contributed by atoms with E-state index in [-0.39, 0.29) is 6.04 Å². The molecule has 0 aliphatic carbocycles. The van der Waals surface area contributed by atoms with E-state index in [1.54, 1.807) is 20.3 Å². The molecule has 0 unspecified atom stereocenters. The fourth-order valence-corrected chi connectivity index (χ4v) is 1.23. The molecule has 3 heteroatoms. The third-order valence-electron chi connectivity index (χ3n) is 2.05. The van der Waals surface area contributed by atoms with Crippen LogP contribution in [-0.4, -0.2) is 14.2 Å². The van der Waals surface area contributed by atoms with Crippen molar-refractivity contribution in [3.63, 3.8) is 0 Å². The van der Waals surface area contributed by atoms with Gasteiger partial charge in [0.05, 0.1) is 20.3 Å². The van der Waals surface area contributed by atoms with E-state index in [0.29, 0.717) is 0 Å². The van der Waals surface area contributed by atoms with E-state index in [0.717, 1.165) is 17.1 Å². The van der Waals surface area contributed by atoms with Crippen LogP contribution in [0.4, 0.5) is 0 Å². The molecule has 0 radical (unpaired) electrons. The Bertz CT molecular complexity index is 323. The van der Waals surface area contributed by atoms with E-state index >= 15 is 0 Å². The fourth-order valence-electron chi connectivity index (χ4n) is 1.23. The van der Waals surface area contributed by atoms with Gasteiger partial charge in [0.15, 0.2) is 0 Å². The largest absolute Gasteiger partial charge is 0.497 e. The van der Waals surface area contributed by atoms with Gasteiger partial charge in [0.2, 0.25) is 0 Å². The summed E-state index contributed by atoms with van der Waals surface area (Å²) in [5.74, 6) is 1.51. The molecule has 0 bridgehead atoms. The highest BCUT2D eigenvalue weighted by molar-refractivity contribution is 5.43. The van der Waals surface area contributed by atoms with Crippen LogP contribution in [0.5, 0.6) is 11.5 Å². The number of ether oxygens (including phenoxy) is 2. The van der Waals surface area contributed by atoms with Crippen LogP contribution >= 0.6 is 0 Å². The lowest BCUT2D eigenvalue weighted by molar-refractivity contribution is 0.397. The lowest BCUT2D eigenvalue weighted by atomic mass is 10.1. The van der Waals surface area contributed by atoms with Crippen molar-refractivity contribution in [2.75, 3.05) is 14.2 Å². The molecule has 0 aliphatic rings. The van der Waals surface area contributed by atoms with Gasteiger partial charge in [0.1, 0.15) is 11.5 Å². The average Bonchev–Trinajstić information content (AvgIpc) is 2.27. The Morgan fingerprint density at radius 1 is 1.36 bits per heavy atom. The Morgan fingerprint density at radius 3 is 2.57 bits per heavy atom. The molecule has 3 nitrogen and oxygen atoms in total. The summed E-state index contributed by atoms with van der Waals surface area (Å²) in [6.45, 7) is 3.65. The first-order valence-electron chi connectivity index (χ1n) is 4.33. The standard InChI is InChI=1S/C11H15NO2/c1-4-10(12)9-7-8(13-2)5-6-11(9)14-3/h4-7,10H,1,12H2,2-3H3/t10-/m0/s1. The molecule has 1 rings (SSSR count). The Labute approximate surface area is 84.1 Å². The van der Waals surface area contributed by atoms with Crippen molar-refractivity contribution in [2.24, 2.45) is 5.73 Å². The van der Waals surface area contributed by atoms with Crippen LogP contribution in [-0.2, 0) is 0 Å². The van der Waals surface area contributed by atoms with Crippen LogP contribution in [0, 0.1) is 0 Å². The molecule has 0 heterocycles. The van der Waals surface area contributed by atoms with E-state index in [9.17, 15) is 0 Å². The number of hydrogen-bond acceptors (Lipinski definition) is 3. The van der Waals surface area contributed by atoms with Gasteiger partial charge in [0, 0.05) is 5.56 Å². The highest BCUT2D eigenvalue weighted by Crippen LogP contribution is 2.28. The summed E-state index contributed by atoms with van der Waals surface area (Å²) < 4.78 is 10.3. The molecule has 0 amide bonds. The number of nitrogens with two attached hydrogens (primary N) is 1. The SMILES string of the molecule is C=C[C@H](N)c1cc(OC)ccc1OC. The summed E-state index contributed by atoms with van der Waals surface area (Å²) in [5, 5.41) is 0. The number of benzene rings is 1. The Morgan fingerprint density at radius 2 is 2.07 bits per heavy atom. The predicted octanol–water partition coefficient (Wildman–Crippen LogP) is 1.89. The summed E-state index contributed by atoms with van der Waals surface area (Å²) >= 11 is 0. The Hall–Kier alpha value is -1.48. The average molecular weight is 193 g/mol. The quantitative estimate of drug-likeness (QED) is 0.743. The summed E-state index contributed by atoms with van der Waals surface area (Å²) in [6, 6.07) is 5.28. The van der Waals surface area contributed by atoms with Crippen molar-refractivity contribution >= 4 is 0 Å². The van der Waals surface area contributed by atoms with E-state index in [2.05, 4.69) is 6.58 Å². The minimum Gasteiger partial charge on any atom is -0.497 e. The van der Waals surface area contributed by atoms with Crippen molar-refractivity contribution < 1.29 is 9.47 Å². The maximum Gasteiger partial charge on any atom is 0.124 e. The molecule has 0 spiro atoms. The van der Waals surface area contributed by atoms with Gasteiger partial charge in [-0.3, -0.25) is 0 Å². The van der Waals surface area contributed by atoms with Crippen LogP contribution in [0.1, 0.15) is 11.6 Å². The molecule has 1 aromatic rings. The van der Waals surface area contributed by atoms with Gasteiger partial charge in [0.25, 0.3) is 0 Å². The van der Waals surface area contributed by atoms with Crippen LogP contribution < -0.4 is 15.2 Å². The summed E-state index contributed by atoms with van der Waals surface area (Å²) in [4.78, 5) is 0. The van der Waals surface area contributed by atoms with Crippen LogP contribution in [0.3, 0.4) is 0 Å². The molecule has 0 saturated heterocycles. The maximum atomic E-state index is 5.84. The monoisotopic (exact) mass is 193 g/mol. The van der Waals surface area contributed by atoms with Crippen molar-refractivity contribution in [1.29, 1.82) is 0 Å². The van der Waals surface area contributed by atoms with E-state index in [1.807, 2.05) is 18.2 Å². The number of rotatable bonds is 4.